The van der Waals surface area contributed by atoms with Gasteiger partial charge in [0, 0.05) is 18.6 Å². The van der Waals surface area contributed by atoms with Crippen LogP contribution in [-0.2, 0) is 19.0 Å². The van der Waals surface area contributed by atoms with Gasteiger partial charge in [0.05, 0.1) is 46.2 Å². The van der Waals surface area contributed by atoms with Gasteiger partial charge in [-0.2, -0.15) is 0 Å². The van der Waals surface area contributed by atoms with Crippen molar-refractivity contribution in [3.05, 3.63) is 44.0 Å². The van der Waals surface area contributed by atoms with Gasteiger partial charge in [-0.25, -0.2) is 4.79 Å². The SMILES string of the molecule is CCOC(=O)[C@@H](C)[C@@H]1CC[C@H](C[C@@H](CC(C)C)OC(=O)c2cc([N+](=O)[O-])cc([N+](=O)[O-])c2)O1. The first kappa shape index (κ1) is 26.2. The van der Waals surface area contributed by atoms with Crippen molar-refractivity contribution < 1.29 is 33.6 Å². The molecule has 2 rings (SSSR count). The first-order chi connectivity index (χ1) is 15.5. The number of non-ortho nitro benzene ring substituents is 2. The van der Waals surface area contributed by atoms with Crippen LogP contribution >= 0.6 is 0 Å². The van der Waals surface area contributed by atoms with Gasteiger partial charge in [0.25, 0.3) is 11.4 Å². The summed E-state index contributed by atoms with van der Waals surface area (Å²) < 4.78 is 16.7. The predicted octanol–water partition coefficient (Wildman–Crippen LogP) is 4.21. The zero-order chi connectivity index (χ0) is 24.7. The summed E-state index contributed by atoms with van der Waals surface area (Å²) in [4.78, 5) is 45.3. The van der Waals surface area contributed by atoms with Gasteiger partial charge in [-0.1, -0.05) is 13.8 Å². The summed E-state index contributed by atoms with van der Waals surface area (Å²) >= 11 is 0. The molecule has 0 radical (unpaired) electrons. The van der Waals surface area contributed by atoms with Crippen LogP contribution < -0.4 is 0 Å². The third kappa shape index (κ3) is 7.48. The van der Waals surface area contributed by atoms with Crippen LogP contribution in [0, 0.1) is 32.1 Å². The highest BCUT2D eigenvalue weighted by Crippen LogP contribution is 2.31. The van der Waals surface area contributed by atoms with E-state index in [9.17, 15) is 29.8 Å². The van der Waals surface area contributed by atoms with Crippen molar-refractivity contribution in [1.29, 1.82) is 0 Å². The molecule has 1 aromatic rings. The third-order valence-electron chi connectivity index (χ3n) is 5.45. The minimum absolute atomic E-state index is 0.179. The number of nitro benzene ring substituents is 2. The first-order valence-electron chi connectivity index (χ1n) is 11.0. The smallest absolute Gasteiger partial charge is 0.338 e. The number of rotatable bonds is 11. The Morgan fingerprint density at radius 3 is 2.21 bits per heavy atom. The molecular weight excluding hydrogens is 436 g/mol. The van der Waals surface area contributed by atoms with Gasteiger partial charge in [0.1, 0.15) is 6.10 Å². The molecule has 33 heavy (non-hydrogen) atoms. The van der Waals surface area contributed by atoms with Gasteiger partial charge in [-0.15, -0.1) is 0 Å². The Hall–Kier alpha value is -3.08. The van der Waals surface area contributed by atoms with Crippen LogP contribution in [-0.4, -0.2) is 46.7 Å². The molecule has 0 amide bonds. The molecule has 11 heteroatoms. The van der Waals surface area contributed by atoms with Crippen molar-refractivity contribution in [2.75, 3.05) is 6.61 Å². The Morgan fingerprint density at radius 1 is 1.09 bits per heavy atom. The second-order valence-corrected chi connectivity index (χ2v) is 8.56. The molecule has 0 saturated carbocycles. The fourth-order valence-corrected chi connectivity index (χ4v) is 3.85. The van der Waals surface area contributed by atoms with Gasteiger partial charge >= 0.3 is 11.9 Å². The zero-order valence-electron chi connectivity index (χ0n) is 19.2. The van der Waals surface area contributed by atoms with Crippen molar-refractivity contribution in [1.82, 2.24) is 0 Å². The van der Waals surface area contributed by atoms with Gasteiger partial charge in [0.2, 0.25) is 0 Å². The Labute approximate surface area is 191 Å². The molecule has 0 aromatic heterocycles. The van der Waals surface area contributed by atoms with Gasteiger partial charge in [-0.3, -0.25) is 25.0 Å². The fourth-order valence-electron chi connectivity index (χ4n) is 3.85. The van der Waals surface area contributed by atoms with Crippen LogP contribution in [0.15, 0.2) is 18.2 Å². The van der Waals surface area contributed by atoms with Crippen molar-refractivity contribution in [3.63, 3.8) is 0 Å². The molecule has 0 spiro atoms. The van der Waals surface area contributed by atoms with Gasteiger partial charge < -0.3 is 14.2 Å². The van der Waals surface area contributed by atoms with Crippen LogP contribution in [0.2, 0.25) is 0 Å². The molecule has 0 aliphatic carbocycles. The van der Waals surface area contributed by atoms with Crippen molar-refractivity contribution >= 4 is 23.3 Å². The maximum Gasteiger partial charge on any atom is 0.338 e. The van der Waals surface area contributed by atoms with E-state index in [2.05, 4.69) is 0 Å². The number of nitrogens with zero attached hydrogens (tertiary/aromatic N) is 2. The van der Waals surface area contributed by atoms with E-state index in [-0.39, 0.29) is 29.7 Å². The molecular formula is C22H30N2O9. The van der Waals surface area contributed by atoms with Crippen LogP contribution in [0.1, 0.15) is 63.7 Å². The van der Waals surface area contributed by atoms with E-state index in [1.165, 1.54) is 0 Å². The molecule has 4 atom stereocenters. The zero-order valence-corrected chi connectivity index (χ0v) is 19.2. The molecule has 1 fully saturated rings. The largest absolute Gasteiger partial charge is 0.466 e. The highest BCUT2D eigenvalue weighted by molar-refractivity contribution is 5.91. The molecule has 0 bridgehead atoms. The van der Waals surface area contributed by atoms with Crippen molar-refractivity contribution in [3.8, 4) is 0 Å². The number of esters is 2. The van der Waals surface area contributed by atoms with E-state index >= 15 is 0 Å². The van der Waals surface area contributed by atoms with Gasteiger partial charge in [-0.05, 0) is 39.0 Å². The lowest BCUT2D eigenvalue weighted by Crippen LogP contribution is -2.30. The first-order valence-corrected chi connectivity index (χ1v) is 11.0. The second kappa shape index (κ2) is 11.7. The average Bonchev–Trinajstić information content (AvgIpc) is 3.20. The van der Waals surface area contributed by atoms with Crippen LogP contribution in [0.5, 0.6) is 0 Å². The van der Waals surface area contributed by atoms with E-state index in [0.29, 0.717) is 32.3 Å². The van der Waals surface area contributed by atoms with Crippen molar-refractivity contribution in [2.45, 2.75) is 71.7 Å². The molecule has 1 aliphatic rings. The molecule has 182 valence electrons. The molecule has 1 heterocycles. The van der Waals surface area contributed by atoms with E-state index in [1.807, 2.05) is 13.8 Å². The van der Waals surface area contributed by atoms with Crippen molar-refractivity contribution in [2.24, 2.45) is 11.8 Å². The number of hydrogen-bond acceptors (Lipinski definition) is 9. The molecule has 11 nitrogen and oxygen atoms in total. The predicted molar refractivity (Wildman–Crippen MR) is 117 cm³/mol. The quantitative estimate of drug-likeness (QED) is 0.265. The van der Waals surface area contributed by atoms with E-state index < -0.39 is 39.2 Å². The summed E-state index contributed by atoms with van der Waals surface area (Å²) in [6.45, 7) is 7.71. The fraction of sp³-hybridized carbons (Fsp3) is 0.636. The molecule has 0 unspecified atom stereocenters. The van der Waals surface area contributed by atoms with E-state index in [0.717, 1.165) is 18.2 Å². The topological polar surface area (TPSA) is 148 Å². The average molecular weight is 466 g/mol. The Bertz CT molecular complexity index is 854. The summed E-state index contributed by atoms with van der Waals surface area (Å²) in [5.41, 5.74) is -1.39. The standard InChI is InChI=1S/C22H30N2O9/c1-5-31-21(25)14(4)20-7-6-18(32-20)12-19(8-13(2)3)33-22(26)15-9-16(23(27)28)11-17(10-15)24(29)30/h9-11,13-14,18-20H,5-8,12H2,1-4H3/t14-,18+,19+,20-/m0/s1. The van der Waals surface area contributed by atoms with E-state index in [1.54, 1.807) is 13.8 Å². The third-order valence-corrected chi connectivity index (χ3v) is 5.45. The number of benzene rings is 1. The minimum Gasteiger partial charge on any atom is -0.466 e. The molecule has 1 saturated heterocycles. The highest BCUT2D eigenvalue weighted by atomic mass is 16.6. The summed E-state index contributed by atoms with van der Waals surface area (Å²) in [7, 11) is 0. The summed E-state index contributed by atoms with van der Waals surface area (Å²) in [5, 5.41) is 22.2. The monoisotopic (exact) mass is 466 g/mol. The lowest BCUT2D eigenvalue weighted by atomic mass is 9.98. The van der Waals surface area contributed by atoms with Crippen LogP contribution in [0.4, 0.5) is 11.4 Å². The number of carbonyl (C=O) groups excluding carboxylic acids is 2. The molecule has 1 aromatic carbocycles. The summed E-state index contributed by atoms with van der Waals surface area (Å²) in [6.07, 6.45) is 1.17. The summed E-state index contributed by atoms with van der Waals surface area (Å²) in [6, 6.07) is 2.72. The van der Waals surface area contributed by atoms with Crippen LogP contribution in [0.3, 0.4) is 0 Å². The van der Waals surface area contributed by atoms with Crippen LogP contribution in [0.25, 0.3) is 0 Å². The lowest BCUT2D eigenvalue weighted by molar-refractivity contribution is -0.394. The Balaban J connectivity index is 2.11. The maximum absolute atomic E-state index is 12.7. The van der Waals surface area contributed by atoms with Gasteiger partial charge in [0.15, 0.2) is 0 Å². The maximum atomic E-state index is 12.7. The normalized spacial score (nSPS) is 19.7. The number of carbonyl (C=O) groups is 2. The van der Waals surface area contributed by atoms with E-state index in [4.69, 9.17) is 14.2 Å². The summed E-state index contributed by atoms with van der Waals surface area (Å²) in [5.74, 6) is -1.42. The second-order valence-electron chi connectivity index (χ2n) is 8.56. The number of hydrogen-bond donors (Lipinski definition) is 0. The number of nitro groups is 2. The minimum atomic E-state index is -0.873. The number of ether oxygens (including phenoxy) is 3. The highest BCUT2D eigenvalue weighted by Gasteiger charge is 2.35. The molecule has 0 N–H and O–H groups in total. The molecule has 1 aliphatic heterocycles. The lowest BCUT2D eigenvalue weighted by Gasteiger charge is -2.24. The Morgan fingerprint density at radius 2 is 1.70 bits per heavy atom. The Kier molecular flexibility index (Phi) is 9.27.